The van der Waals surface area contributed by atoms with Crippen LogP contribution >= 0.6 is 11.8 Å². The molecule has 6 nitrogen and oxygen atoms in total. The minimum Gasteiger partial charge on any atom is -0.368 e. The fourth-order valence-corrected chi connectivity index (χ4v) is 3.72. The van der Waals surface area contributed by atoms with Gasteiger partial charge in [0.2, 0.25) is 5.95 Å². The first-order valence-corrected chi connectivity index (χ1v) is 7.36. The van der Waals surface area contributed by atoms with Crippen molar-refractivity contribution in [1.82, 2.24) is 19.9 Å². The van der Waals surface area contributed by atoms with Crippen molar-refractivity contribution in [2.75, 3.05) is 5.73 Å². The molecule has 0 spiro atoms. The molecule has 4 rings (SSSR count). The number of carbonyl (C=O) groups excluding carboxylic acids is 1. The molecule has 1 unspecified atom stereocenters. The average Bonchev–Trinajstić information content (AvgIpc) is 3.05. The number of nitrogen functional groups attached to an aromatic ring is 1. The number of fused-ring (bicyclic) bond motifs is 2. The van der Waals surface area contributed by atoms with Crippen LogP contribution in [0.1, 0.15) is 15.9 Å². The van der Waals surface area contributed by atoms with Crippen LogP contribution in [0.5, 0.6) is 0 Å². The Balaban J connectivity index is 1.71. The Hall–Kier alpha value is -2.41. The van der Waals surface area contributed by atoms with Gasteiger partial charge in [-0.2, -0.15) is 4.98 Å². The van der Waals surface area contributed by atoms with Crippen molar-refractivity contribution >= 4 is 34.7 Å². The normalized spacial score (nSPS) is 17.3. The maximum absolute atomic E-state index is 12.4. The first-order valence-electron chi connectivity index (χ1n) is 6.48. The van der Waals surface area contributed by atoms with Crippen molar-refractivity contribution in [2.24, 2.45) is 0 Å². The molecule has 3 N–H and O–H groups in total. The van der Waals surface area contributed by atoms with E-state index in [1.807, 2.05) is 24.3 Å². The summed E-state index contributed by atoms with van der Waals surface area (Å²) < 4.78 is 0. The van der Waals surface area contributed by atoms with Crippen LogP contribution in [0.3, 0.4) is 0 Å². The highest BCUT2D eigenvalue weighted by atomic mass is 32.2. The van der Waals surface area contributed by atoms with E-state index in [1.165, 1.54) is 11.8 Å². The maximum Gasteiger partial charge on any atom is 0.223 e. The molecule has 104 valence electrons. The Kier molecular flexibility index (Phi) is 2.68. The summed E-state index contributed by atoms with van der Waals surface area (Å²) in [6.45, 7) is 0. The summed E-state index contributed by atoms with van der Waals surface area (Å²) in [5.41, 5.74) is 8.83. The Morgan fingerprint density at radius 2 is 2.14 bits per heavy atom. The van der Waals surface area contributed by atoms with Crippen LogP contribution in [0.25, 0.3) is 11.2 Å². The molecule has 1 atom stereocenters. The van der Waals surface area contributed by atoms with Crippen LogP contribution < -0.4 is 5.73 Å². The molecule has 7 heteroatoms. The lowest BCUT2D eigenvalue weighted by Gasteiger charge is -2.07. The van der Waals surface area contributed by atoms with Gasteiger partial charge >= 0.3 is 0 Å². The van der Waals surface area contributed by atoms with Gasteiger partial charge in [0.1, 0.15) is 10.5 Å². The molecule has 0 saturated carbocycles. The monoisotopic (exact) mass is 297 g/mol. The molecule has 2 aromatic heterocycles. The van der Waals surface area contributed by atoms with E-state index in [1.54, 1.807) is 6.33 Å². The number of Topliss-reactive ketones (excluding diaryl/α,β-unsaturated/α-hetero) is 1. The Bertz CT molecular complexity index is 859. The summed E-state index contributed by atoms with van der Waals surface area (Å²) in [5.74, 6) is 0.306. The molecule has 0 saturated heterocycles. The van der Waals surface area contributed by atoms with Crippen molar-refractivity contribution in [2.45, 2.75) is 16.7 Å². The molecule has 0 bridgehead atoms. The lowest BCUT2D eigenvalue weighted by Crippen LogP contribution is -2.12. The topological polar surface area (TPSA) is 97.5 Å². The molecule has 21 heavy (non-hydrogen) atoms. The number of rotatable bonds is 2. The molecule has 0 radical (unpaired) electrons. The van der Waals surface area contributed by atoms with Crippen molar-refractivity contribution in [3.63, 3.8) is 0 Å². The second-order valence-corrected chi connectivity index (χ2v) is 6.01. The first-order chi connectivity index (χ1) is 10.2. The minimum absolute atomic E-state index is 0.139. The lowest BCUT2D eigenvalue weighted by molar-refractivity contribution is 0.1000. The summed E-state index contributed by atoms with van der Waals surface area (Å²) in [5, 5.41) is 0.490. The summed E-state index contributed by atoms with van der Waals surface area (Å²) in [7, 11) is 0. The van der Waals surface area contributed by atoms with Gasteiger partial charge in [-0.25, -0.2) is 9.97 Å². The van der Waals surface area contributed by atoms with E-state index >= 15 is 0 Å². The van der Waals surface area contributed by atoms with E-state index in [0.29, 0.717) is 17.1 Å². The van der Waals surface area contributed by atoms with Gasteiger partial charge in [-0.15, -0.1) is 0 Å². The Morgan fingerprint density at radius 3 is 3.00 bits per heavy atom. The molecule has 0 aliphatic heterocycles. The van der Waals surface area contributed by atoms with Gasteiger partial charge in [0.25, 0.3) is 0 Å². The zero-order valence-electron chi connectivity index (χ0n) is 10.9. The molecule has 1 aliphatic rings. The van der Waals surface area contributed by atoms with Crippen LogP contribution in [-0.2, 0) is 6.42 Å². The Labute approximate surface area is 124 Å². The van der Waals surface area contributed by atoms with E-state index in [4.69, 9.17) is 5.73 Å². The fraction of sp³-hybridized carbons (Fsp3) is 0.143. The number of carbonyl (C=O) groups is 1. The number of hydrogen-bond donors (Lipinski definition) is 2. The predicted octanol–water partition coefficient (Wildman–Crippen LogP) is 1.83. The number of nitrogens with one attached hydrogen (secondary N) is 1. The van der Waals surface area contributed by atoms with Crippen LogP contribution in [0.2, 0.25) is 0 Å². The third-order valence-corrected chi connectivity index (χ3v) is 4.69. The number of nitrogens with two attached hydrogens (primary N) is 1. The standard InChI is InChI=1S/C14H11N5OS/c15-14-18-12-10(16-6-17-12)13(19-14)21-9-5-7-3-1-2-4-8(7)11(9)20/h1-4,6,9H,5H2,(H3,15,16,17,18,19). The van der Waals surface area contributed by atoms with Crippen molar-refractivity contribution in [1.29, 1.82) is 0 Å². The number of nitrogens with zero attached hydrogens (tertiary/aromatic N) is 3. The summed E-state index contributed by atoms with van der Waals surface area (Å²) >= 11 is 1.41. The molecule has 2 heterocycles. The van der Waals surface area contributed by atoms with Crippen LogP contribution in [0, 0.1) is 0 Å². The van der Waals surface area contributed by atoms with Gasteiger partial charge in [-0.1, -0.05) is 36.0 Å². The van der Waals surface area contributed by atoms with Gasteiger partial charge in [-0.3, -0.25) is 4.79 Å². The second-order valence-electron chi connectivity index (χ2n) is 4.82. The highest BCUT2D eigenvalue weighted by Crippen LogP contribution is 2.35. The molecule has 3 aromatic rings. The zero-order valence-corrected chi connectivity index (χ0v) is 11.7. The van der Waals surface area contributed by atoms with E-state index in [-0.39, 0.29) is 17.0 Å². The number of benzene rings is 1. The molecule has 1 aliphatic carbocycles. The van der Waals surface area contributed by atoms with Crippen LogP contribution in [-0.4, -0.2) is 31.0 Å². The minimum atomic E-state index is -0.178. The number of H-pyrrole nitrogens is 1. The second kappa shape index (κ2) is 4.56. The fourth-order valence-electron chi connectivity index (χ4n) is 2.54. The molecule has 0 amide bonds. The number of ketones is 1. The number of aromatic nitrogens is 4. The maximum atomic E-state index is 12.4. The highest BCUT2D eigenvalue weighted by Gasteiger charge is 2.32. The van der Waals surface area contributed by atoms with Crippen molar-refractivity contribution in [3.05, 3.63) is 41.7 Å². The average molecular weight is 297 g/mol. The quantitative estimate of drug-likeness (QED) is 0.700. The number of thioether (sulfide) groups is 1. The van der Waals surface area contributed by atoms with Gasteiger partial charge in [-0.05, 0) is 12.0 Å². The Morgan fingerprint density at radius 1 is 1.29 bits per heavy atom. The van der Waals surface area contributed by atoms with E-state index in [0.717, 1.165) is 16.6 Å². The van der Waals surface area contributed by atoms with Crippen LogP contribution in [0.15, 0.2) is 35.6 Å². The number of imidazole rings is 1. The van der Waals surface area contributed by atoms with Crippen molar-refractivity contribution in [3.8, 4) is 0 Å². The largest absolute Gasteiger partial charge is 0.368 e. The van der Waals surface area contributed by atoms with Gasteiger partial charge in [0, 0.05) is 5.56 Å². The third-order valence-electron chi connectivity index (χ3n) is 3.50. The first kappa shape index (κ1) is 12.3. The van der Waals surface area contributed by atoms with E-state index in [2.05, 4.69) is 19.9 Å². The zero-order chi connectivity index (χ0) is 14.4. The van der Waals surface area contributed by atoms with Crippen molar-refractivity contribution < 1.29 is 4.79 Å². The van der Waals surface area contributed by atoms with Gasteiger partial charge < -0.3 is 10.7 Å². The third kappa shape index (κ3) is 1.97. The number of anilines is 1. The smallest absolute Gasteiger partial charge is 0.223 e. The SMILES string of the molecule is Nc1nc(SC2Cc3ccccc3C2=O)c2[nH]cnc2n1. The molecular weight excluding hydrogens is 286 g/mol. The number of aromatic amines is 1. The number of hydrogen-bond acceptors (Lipinski definition) is 6. The van der Waals surface area contributed by atoms with E-state index < -0.39 is 0 Å². The molecular formula is C14H11N5OS. The van der Waals surface area contributed by atoms with E-state index in [9.17, 15) is 4.79 Å². The van der Waals surface area contributed by atoms with Gasteiger partial charge in [0.15, 0.2) is 11.4 Å². The lowest BCUT2D eigenvalue weighted by atomic mass is 10.1. The van der Waals surface area contributed by atoms with Crippen LogP contribution in [0.4, 0.5) is 5.95 Å². The summed E-state index contributed by atoms with van der Waals surface area (Å²) in [6.07, 6.45) is 2.26. The highest BCUT2D eigenvalue weighted by molar-refractivity contribution is 8.00. The van der Waals surface area contributed by atoms with Gasteiger partial charge in [0.05, 0.1) is 11.6 Å². The summed E-state index contributed by atoms with van der Waals surface area (Å²) in [6, 6.07) is 7.71. The summed E-state index contributed by atoms with van der Waals surface area (Å²) in [4.78, 5) is 27.8. The predicted molar refractivity (Wildman–Crippen MR) is 80.2 cm³/mol. The molecule has 0 fully saturated rings. The molecule has 1 aromatic carbocycles.